The molecule has 1 amide bonds. The summed E-state index contributed by atoms with van der Waals surface area (Å²) in [6.45, 7) is 3.30. The molecule has 1 aliphatic rings. The number of aryl methyl sites for hydroxylation is 1. The third kappa shape index (κ3) is 4.47. The SMILES string of the molecule is Cc1ccc(OCC(=O)N2CCC(Oc3ccc(Br)cn3)C2)cc1. The van der Waals surface area contributed by atoms with Gasteiger partial charge in [-0.3, -0.25) is 4.79 Å². The maximum atomic E-state index is 12.3. The van der Waals surface area contributed by atoms with Gasteiger partial charge in [-0.1, -0.05) is 17.7 Å². The molecule has 126 valence electrons. The first-order valence-electron chi connectivity index (χ1n) is 7.85. The van der Waals surface area contributed by atoms with Gasteiger partial charge in [0.15, 0.2) is 6.61 Å². The summed E-state index contributed by atoms with van der Waals surface area (Å²) in [5.41, 5.74) is 1.16. The molecule has 1 aromatic heterocycles. The normalized spacial score (nSPS) is 16.9. The highest BCUT2D eigenvalue weighted by Gasteiger charge is 2.28. The second-order valence-electron chi connectivity index (χ2n) is 5.78. The van der Waals surface area contributed by atoms with Gasteiger partial charge in [-0.05, 0) is 41.1 Å². The number of benzene rings is 1. The predicted octanol–water partition coefficient (Wildman–Crippen LogP) is 3.21. The lowest BCUT2D eigenvalue weighted by atomic mass is 10.2. The summed E-state index contributed by atoms with van der Waals surface area (Å²) in [4.78, 5) is 18.2. The molecule has 0 saturated carbocycles. The molecule has 6 heteroatoms. The van der Waals surface area contributed by atoms with E-state index in [0.29, 0.717) is 24.7 Å². The Morgan fingerprint density at radius 3 is 2.79 bits per heavy atom. The van der Waals surface area contributed by atoms with Gasteiger partial charge in [-0.25, -0.2) is 4.98 Å². The Bertz CT molecular complexity index is 688. The smallest absolute Gasteiger partial charge is 0.260 e. The van der Waals surface area contributed by atoms with Gasteiger partial charge in [0.05, 0.1) is 6.54 Å². The summed E-state index contributed by atoms with van der Waals surface area (Å²) in [7, 11) is 0. The van der Waals surface area contributed by atoms with Gasteiger partial charge in [0.1, 0.15) is 11.9 Å². The summed E-state index contributed by atoms with van der Waals surface area (Å²) in [6, 6.07) is 11.4. The van der Waals surface area contributed by atoms with Gasteiger partial charge in [0, 0.05) is 29.7 Å². The summed E-state index contributed by atoms with van der Waals surface area (Å²) in [5.74, 6) is 1.26. The number of amides is 1. The molecule has 0 radical (unpaired) electrons. The number of nitrogens with zero attached hydrogens (tertiary/aromatic N) is 2. The van der Waals surface area contributed by atoms with E-state index in [1.165, 1.54) is 0 Å². The van der Waals surface area contributed by atoms with Crippen molar-refractivity contribution in [1.82, 2.24) is 9.88 Å². The van der Waals surface area contributed by atoms with Crippen molar-refractivity contribution in [2.45, 2.75) is 19.4 Å². The molecule has 0 bridgehead atoms. The van der Waals surface area contributed by atoms with Gasteiger partial charge in [-0.15, -0.1) is 0 Å². The van der Waals surface area contributed by atoms with Crippen LogP contribution in [0.15, 0.2) is 47.1 Å². The first kappa shape index (κ1) is 16.8. The Kier molecular flexibility index (Phi) is 5.35. The van der Waals surface area contributed by atoms with E-state index < -0.39 is 0 Å². The lowest BCUT2D eigenvalue weighted by molar-refractivity contribution is -0.132. The molecule has 1 aromatic carbocycles. The minimum atomic E-state index is -0.0259. The Balaban J connectivity index is 1.46. The Morgan fingerprint density at radius 1 is 1.29 bits per heavy atom. The van der Waals surface area contributed by atoms with E-state index in [0.717, 1.165) is 16.5 Å². The molecule has 1 aliphatic heterocycles. The molecular formula is C18H19BrN2O3. The van der Waals surface area contributed by atoms with Crippen LogP contribution < -0.4 is 9.47 Å². The van der Waals surface area contributed by atoms with Gasteiger partial charge in [0.2, 0.25) is 5.88 Å². The number of pyridine rings is 1. The molecule has 1 fully saturated rings. The number of rotatable bonds is 5. The van der Waals surface area contributed by atoms with Crippen molar-refractivity contribution in [3.8, 4) is 11.6 Å². The zero-order chi connectivity index (χ0) is 16.9. The van der Waals surface area contributed by atoms with Crippen LogP contribution in [0.5, 0.6) is 11.6 Å². The van der Waals surface area contributed by atoms with Gasteiger partial charge >= 0.3 is 0 Å². The molecule has 0 spiro atoms. The lowest BCUT2D eigenvalue weighted by Crippen LogP contribution is -2.34. The van der Waals surface area contributed by atoms with Crippen molar-refractivity contribution in [3.05, 3.63) is 52.6 Å². The average molecular weight is 391 g/mol. The van der Waals surface area contributed by atoms with E-state index in [4.69, 9.17) is 9.47 Å². The monoisotopic (exact) mass is 390 g/mol. The molecule has 24 heavy (non-hydrogen) atoms. The van der Waals surface area contributed by atoms with Crippen molar-refractivity contribution < 1.29 is 14.3 Å². The minimum Gasteiger partial charge on any atom is -0.484 e. The lowest BCUT2D eigenvalue weighted by Gasteiger charge is -2.17. The van der Waals surface area contributed by atoms with E-state index in [-0.39, 0.29) is 18.6 Å². The van der Waals surface area contributed by atoms with Crippen LogP contribution in [-0.2, 0) is 4.79 Å². The predicted molar refractivity (Wildman–Crippen MR) is 94.2 cm³/mol. The summed E-state index contributed by atoms with van der Waals surface area (Å²) >= 11 is 3.34. The van der Waals surface area contributed by atoms with Crippen molar-refractivity contribution in [3.63, 3.8) is 0 Å². The fraction of sp³-hybridized carbons (Fsp3) is 0.333. The van der Waals surface area contributed by atoms with Crippen molar-refractivity contribution in [2.75, 3.05) is 19.7 Å². The van der Waals surface area contributed by atoms with Crippen LogP contribution in [0, 0.1) is 6.92 Å². The zero-order valence-electron chi connectivity index (χ0n) is 13.4. The number of likely N-dealkylation sites (tertiary alicyclic amines) is 1. The number of ether oxygens (including phenoxy) is 2. The Hall–Kier alpha value is -2.08. The molecule has 2 heterocycles. The molecule has 5 nitrogen and oxygen atoms in total. The van der Waals surface area contributed by atoms with E-state index in [9.17, 15) is 4.79 Å². The quantitative estimate of drug-likeness (QED) is 0.786. The van der Waals surface area contributed by atoms with Crippen LogP contribution in [-0.4, -0.2) is 41.6 Å². The number of aromatic nitrogens is 1. The highest BCUT2D eigenvalue weighted by Crippen LogP contribution is 2.19. The maximum Gasteiger partial charge on any atom is 0.260 e. The van der Waals surface area contributed by atoms with Gasteiger partial charge in [-0.2, -0.15) is 0 Å². The van der Waals surface area contributed by atoms with Gasteiger partial charge < -0.3 is 14.4 Å². The highest BCUT2D eigenvalue weighted by molar-refractivity contribution is 9.10. The van der Waals surface area contributed by atoms with E-state index >= 15 is 0 Å². The number of halogens is 1. The van der Waals surface area contributed by atoms with Crippen molar-refractivity contribution in [1.29, 1.82) is 0 Å². The molecule has 0 N–H and O–H groups in total. The first-order chi connectivity index (χ1) is 11.6. The van der Waals surface area contributed by atoms with Crippen LogP contribution in [0.2, 0.25) is 0 Å². The largest absolute Gasteiger partial charge is 0.484 e. The minimum absolute atomic E-state index is 0.0227. The second-order valence-corrected chi connectivity index (χ2v) is 6.70. The number of carbonyl (C=O) groups is 1. The molecule has 0 aliphatic carbocycles. The third-order valence-corrected chi connectivity index (χ3v) is 4.34. The van der Waals surface area contributed by atoms with Crippen LogP contribution in [0.1, 0.15) is 12.0 Å². The Labute approximate surface area is 149 Å². The zero-order valence-corrected chi connectivity index (χ0v) is 15.0. The van der Waals surface area contributed by atoms with E-state index in [2.05, 4.69) is 20.9 Å². The first-order valence-corrected chi connectivity index (χ1v) is 8.65. The number of hydrogen-bond acceptors (Lipinski definition) is 4. The van der Waals surface area contributed by atoms with Gasteiger partial charge in [0.25, 0.3) is 5.91 Å². The number of carbonyl (C=O) groups excluding carboxylic acids is 1. The van der Waals surface area contributed by atoms with Crippen LogP contribution in [0.4, 0.5) is 0 Å². The molecule has 1 unspecified atom stereocenters. The Morgan fingerprint density at radius 2 is 2.08 bits per heavy atom. The fourth-order valence-electron chi connectivity index (χ4n) is 2.52. The van der Waals surface area contributed by atoms with E-state index in [1.54, 1.807) is 11.1 Å². The maximum absolute atomic E-state index is 12.3. The summed E-state index contributed by atoms with van der Waals surface area (Å²) < 4.78 is 12.3. The van der Waals surface area contributed by atoms with Crippen molar-refractivity contribution in [2.24, 2.45) is 0 Å². The van der Waals surface area contributed by atoms with Crippen LogP contribution >= 0.6 is 15.9 Å². The van der Waals surface area contributed by atoms with Crippen molar-refractivity contribution >= 4 is 21.8 Å². The molecule has 1 saturated heterocycles. The molecular weight excluding hydrogens is 372 g/mol. The van der Waals surface area contributed by atoms with Crippen LogP contribution in [0.25, 0.3) is 0 Å². The van der Waals surface area contributed by atoms with Crippen LogP contribution in [0.3, 0.4) is 0 Å². The summed E-state index contributed by atoms with van der Waals surface area (Å²) in [5, 5.41) is 0. The number of hydrogen-bond donors (Lipinski definition) is 0. The molecule has 1 atom stereocenters. The summed E-state index contributed by atoms with van der Waals surface area (Å²) in [6.07, 6.45) is 2.47. The fourth-order valence-corrected chi connectivity index (χ4v) is 2.76. The molecule has 2 aromatic rings. The molecule has 3 rings (SSSR count). The standard InChI is InChI=1S/C18H19BrN2O3/c1-13-2-5-15(6-3-13)23-12-18(22)21-9-8-16(11-21)24-17-7-4-14(19)10-20-17/h2-7,10,16H,8-9,11-12H2,1H3. The second kappa shape index (κ2) is 7.66. The average Bonchev–Trinajstić information content (AvgIpc) is 3.05. The third-order valence-electron chi connectivity index (χ3n) is 3.87. The highest BCUT2D eigenvalue weighted by atomic mass is 79.9. The van der Waals surface area contributed by atoms with E-state index in [1.807, 2.05) is 43.3 Å². The topological polar surface area (TPSA) is 51.7 Å².